The maximum absolute atomic E-state index is 5.55. The van der Waals surface area contributed by atoms with Gasteiger partial charge in [0.05, 0.1) is 18.1 Å². The van der Waals surface area contributed by atoms with Gasteiger partial charge in [0.2, 0.25) is 5.88 Å². The summed E-state index contributed by atoms with van der Waals surface area (Å²) in [6.45, 7) is 9.49. The fourth-order valence-electron chi connectivity index (χ4n) is 1.64. The second kappa shape index (κ2) is 5.86. The smallest absolute Gasteiger partial charge is 0.242 e. The van der Waals surface area contributed by atoms with E-state index >= 15 is 0 Å². The van der Waals surface area contributed by atoms with Gasteiger partial charge in [-0.05, 0) is 25.8 Å². The van der Waals surface area contributed by atoms with Crippen molar-refractivity contribution in [2.24, 2.45) is 15.0 Å². The first-order chi connectivity index (χ1) is 9.24. The molecule has 0 aromatic carbocycles. The van der Waals surface area contributed by atoms with Crippen molar-refractivity contribution in [2.45, 2.75) is 6.92 Å². The highest BCUT2D eigenvalue weighted by Crippen LogP contribution is 2.14. The Morgan fingerprint density at radius 1 is 1.47 bits per heavy atom. The number of hydrogen-bond donors (Lipinski definition) is 0. The van der Waals surface area contributed by atoms with Crippen molar-refractivity contribution < 1.29 is 4.74 Å². The molecule has 0 unspecified atom stereocenters. The molecular weight excluding hydrogens is 240 g/mol. The van der Waals surface area contributed by atoms with Gasteiger partial charge in [0.25, 0.3) is 0 Å². The molecule has 96 valence electrons. The minimum Gasteiger partial charge on any atom is -0.438 e. The molecule has 1 aromatic heterocycles. The quantitative estimate of drug-likeness (QED) is 0.739. The van der Waals surface area contributed by atoms with Crippen LogP contribution in [0.2, 0.25) is 0 Å². The van der Waals surface area contributed by atoms with Gasteiger partial charge in [-0.15, -0.1) is 0 Å². The summed E-state index contributed by atoms with van der Waals surface area (Å²) in [6.07, 6.45) is 6.83. The van der Waals surface area contributed by atoms with Crippen LogP contribution >= 0.6 is 0 Å². The molecule has 0 bridgehead atoms. The zero-order chi connectivity index (χ0) is 13.7. The fraction of sp³-hybridized carbons (Fsp3) is 0.143. The van der Waals surface area contributed by atoms with Gasteiger partial charge in [0.15, 0.2) is 0 Å². The number of aromatic nitrogens is 1. The number of ether oxygens (including phenoxy) is 1. The number of nitrogens with zero attached hydrogens (tertiary/aromatic N) is 4. The maximum atomic E-state index is 5.55. The zero-order valence-electron chi connectivity index (χ0n) is 10.7. The first-order valence-electron chi connectivity index (χ1n) is 5.76. The van der Waals surface area contributed by atoms with Crippen LogP contribution in [-0.4, -0.2) is 24.5 Å². The van der Waals surface area contributed by atoms with E-state index in [1.165, 1.54) is 0 Å². The molecule has 1 aliphatic rings. The van der Waals surface area contributed by atoms with Gasteiger partial charge >= 0.3 is 0 Å². The summed E-state index contributed by atoms with van der Waals surface area (Å²) in [7, 11) is 0. The molecule has 0 fully saturated rings. The molecular formula is C14H14N4O. The van der Waals surface area contributed by atoms with E-state index in [0.717, 1.165) is 10.6 Å². The van der Waals surface area contributed by atoms with E-state index in [4.69, 9.17) is 4.74 Å². The number of aliphatic imine (C=N–C) groups is 2. The first-order valence-corrected chi connectivity index (χ1v) is 5.76. The van der Waals surface area contributed by atoms with Crippen molar-refractivity contribution in [3.05, 3.63) is 53.0 Å². The van der Waals surface area contributed by atoms with Crippen molar-refractivity contribution in [3.63, 3.8) is 0 Å². The van der Waals surface area contributed by atoms with Crippen LogP contribution in [0.15, 0.2) is 57.4 Å². The van der Waals surface area contributed by atoms with Crippen LogP contribution in [0.1, 0.15) is 6.92 Å². The topological polar surface area (TPSA) is 59.2 Å². The van der Waals surface area contributed by atoms with Crippen LogP contribution in [0.25, 0.3) is 6.08 Å². The van der Waals surface area contributed by atoms with Gasteiger partial charge in [0, 0.05) is 17.6 Å². The van der Waals surface area contributed by atoms with Crippen LogP contribution in [-0.2, 0) is 4.74 Å². The lowest BCUT2D eigenvalue weighted by molar-refractivity contribution is 0.320. The Hall–Kier alpha value is -2.56. The van der Waals surface area contributed by atoms with E-state index in [2.05, 4.69) is 33.3 Å². The van der Waals surface area contributed by atoms with Gasteiger partial charge in [-0.25, -0.2) is 4.99 Å². The lowest BCUT2D eigenvalue weighted by Gasteiger charge is -2.06. The largest absolute Gasteiger partial charge is 0.438 e. The molecule has 5 heteroatoms. The second-order valence-electron chi connectivity index (χ2n) is 3.76. The Morgan fingerprint density at radius 3 is 3.05 bits per heavy atom. The average molecular weight is 254 g/mol. The van der Waals surface area contributed by atoms with E-state index in [1.54, 1.807) is 24.7 Å². The van der Waals surface area contributed by atoms with Crippen molar-refractivity contribution >= 4 is 19.0 Å². The lowest BCUT2D eigenvalue weighted by Crippen LogP contribution is -2.25. The minimum atomic E-state index is 0.323. The maximum Gasteiger partial charge on any atom is 0.242 e. The number of hydrogen-bond acceptors (Lipinski definition) is 5. The van der Waals surface area contributed by atoms with E-state index in [1.807, 2.05) is 13.0 Å². The highest BCUT2D eigenvalue weighted by Gasteiger charge is 2.08. The van der Waals surface area contributed by atoms with Crippen LogP contribution in [0.4, 0.5) is 0 Å². The third-order valence-corrected chi connectivity index (χ3v) is 2.45. The Morgan fingerprint density at radius 2 is 2.32 bits per heavy atom. The number of allylic oxidation sites excluding steroid dienone is 1. The van der Waals surface area contributed by atoms with Crippen molar-refractivity contribution in [3.8, 4) is 0 Å². The summed E-state index contributed by atoms with van der Waals surface area (Å²) < 4.78 is 5.55. The van der Waals surface area contributed by atoms with Crippen LogP contribution in [0.5, 0.6) is 0 Å². The van der Waals surface area contributed by atoms with E-state index in [9.17, 15) is 0 Å². The highest BCUT2D eigenvalue weighted by atomic mass is 16.5. The number of fused-ring (bicyclic) bond motifs is 1. The third kappa shape index (κ3) is 3.01. The van der Waals surface area contributed by atoms with Gasteiger partial charge < -0.3 is 4.74 Å². The van der Waals surface area contributed by atoms with Crippen molar-refractivity contribution in [2.75, 3.05) is 6.54 Å². The normalized spacial score (nSPS) is 22.9. The van der Waals surface area contributed by atoms with E-state index < -0.39 is 0 Å². The van der Waals surface area contributed by atoms with E-state index in [-0.39, 0.29) is 0 Å². The highest BCUT2D eigenvalue weighted by molar-refractivity contribution is 5.56. The van der Waals surface area contributed by atoms with Crippen LogP contribution in [0.3, 0.4) is 0 Å². The molecule has 0 radical (unpaired) electrons. The molecule has 0 amide bonds. The fourth-order valence-corrected chi connectivity index (χ4v) is 1.64. The summed E-state index contributed by atoms with van der Waals surface area (Å²) in [5.41, 5.74) is 0.601. The lowest BCUT2D eigenvalue weighted by atomic mass is 10.3. The monoisotopic (exact) mass is 254 g/mol. The molecule has 2 rings (SSSR count). The molecule has 0 atom stereocenters. The van der Waals surface area contributed by atoms with Crippen LogP contribution < -0.4 is 10.6 Å². The Balaban J connectivity index is 2.62. The third-order valence-electron chi connectivity index (χ3n) is 2.45. The molecule has 1 aromatic rings. The predicted molar refractivity (Wildman–Crippen MR) is 75.3 cm³/mol. The summed E-state index contributed by atoms with van der Waals surface area (Å²) in [6, 6.07) is 1.85. The second-order valence-corrected chi connectivity index (χ2v) is 3.76. The standard InChI is InChI=1S/C14H14N4O/c1-4-17-13-9-18-12-8-16-6-5-11(12)7-10(2)19-14(13)15-3/h4-8H,2-3,9H2,1H3/b11-7-,14-13+,17-4-,18-12-. The molecule has 0 N–H and O–H groups in total. The molecule has 0 saturated carbocycles. The van der Waals surface area contributed by atoms with E-state index in [0.29, 0.717) is 23.9 Å². The summed E-state index contributed by atoms with van der Waals surface area (Å²) in [5.74, 6) is 0.777. The molecule has 19 heavy (non-hydrogen) atoms. The number of rotatable bonds is 2. The summed E-state index contributed by atoms with van der Waals surface area (Å²) >= 11 is 0. The van der Waals surface area contributed by atoms with Gasteiger partial charge in [-0.3, -0.25) is 15.0 Å². The molecule has 0 saturated heterocycles. The molecule has 1 aliphatic heterocycles. The first kappa shape index (κ1) is 12.9. The average Bonchev–Trinajstić information content (AvgIpc) is 2.48. The SMILES string of the molecule is C=N/C1=C(\N=C/C)C/N=c2/cncc/c2=C/C(=C)O1. The van der Waals surface area contributed by atoms with Crippen LogP contribution in [0, 0.1) is 0 Å². The predicted octanol–water partition coefficient (Wildman–Crippen LogP) is 0.986. The van der Waals surface area contributed by atoms with Crippen molar-refractivity contribution in [1.82, 2.24) is 4.98 Å². The Kier molecular flexibility index (Phi) is 3.97. The summed E-state index contributed by atoms with van der Waals surface area (Å²) in [4.78, 5) is 16.6. The Bertz CT molecular complexity index is 686. The van der Waals surface area contributed by atoms with Gasteiger partial charge in [-0.2, -0.15) is 0 Å². The number of pyridine rings is 1. The molecule has 0 aliphatic carbocycles. The van der Waals surface area contributed by atoms with Gasteiger partial charge in [-0.1, -0.05) is 6.58 Å². The molecule has 0 spiro atoms. The van der Waals surface area contributed by atoms with Gasteiger partial charge in [0.1, 0.15) is 11.5 Å². The Labute approximate surface area is 111 Å². The summed E-state index contributed by atoms with van der Waals surface area (Å²) in [5, 5.41) is 1.66. The molecule has 2 heterocycles. The minimum absolute atomic E-state index is 0.323. The zero-order valence-corrected chi connectivity index (χ0v) is 10.7. The van der Waals surface area contributed by atoms with Crippen molar-refractivity contribution in [1.29, 1.82) is 0 Å². The molecule has 5 nitrogen and oxygen atoms in total.